The fraction of sp³-hybridized carbons (Fsp3) is 0.500. The van der Waals surface area contributed by atoms with Crippen LogP contribution < -0.4 is 0 Å². The predicted molar refractivity (Wildman–Crippen MR) is 34.8 cm³/mol. The van der Waals surface area contributed by atoms with Crippen LogP contribution in [0.2, 0.25) is 0 Å². The van der Waals surface area contributed by atoms with Gasteiger partial charge >= 0.3 is 7.60 Å². The van der Waals surface area contributed by atoms with Crippen molar-refractivity contribution in [2.45, 2.75) is 12.6 Å². The van der Waals surface area contributed by atoms with Crippen molar-refractivity contribution in [1.82, 2.24) is 10.4 Å². The van der Waals surface area contributed by atoms with Gasteiger partial charge in [0.1, 0.15) is 17.6 Å². The van der Waals surface area contributed by atoms with Gasteiger partial charge < -0.3 is 14.3 Å². The van der Waals surface area contributed by atoms with Crippen molar-refractivity contribution < 1.29 is 45.1 Å². The molecule has 1 unspecified atom stereocenters. The number of rotatable bonds is 2. The molecule has 0 aliphatic carbocycles. The van der Waals surface area contributed by atoms with Crippen molar-refractivity contribution in [3.63, 3.8) is 0 Å². The first-order valence-electron chi connectivity index (χ1n) is 2.84. The van der Waals surface area contributed by atoms with E-state index in [-0.39, 0.29) is 31.9 Å². The van der Waals surface area contributed by atoms with Gasteiger partial charge in [0.2, 0.25) is 0 Å². The van der Waals surface area contributed by atoms with Gasteiger partial charge in [-0.25, -0.2) is 0 Å². The third-order valence-corrected chi connectivity index (χ3v) is 2.58. The molecule has 0 bridgehead atoms. The fourth-order valence-corrected chi connectivity index (χ4v) is 0.983. The van der Waals surface area contributed by atoms with Crippen LogP contribution in [0.15, 0.2) is 10.8 Å². The minimum absolute atomic E-state index is 0. The number of nitrogens with zero attached hydrogens (tertiary/aromatic N) is 2. The first-order chi connectivity index (χ1) is 5.02. The topological polar surface area (TPSA) is 96.5 Å². The molecule has 0 saturated carbocycles. The molecule has 0 amide bonds. The average Bonchev–Trinajstić information content (AvgIpc) is 2.34. The van der Waals surface area contributed by atoms with Crippen molar-refractivity contribution >= 4 is 7.60 Å². The zero-order valence-electron chi connectivity index (χ0n) is 6.21. The smallest absolute Gasteiger partial charge is 0.334 e. The Morgan fingerprint density at radius 2 is 2.25 bits per heavy atom. The summed E-state index contributed by atoms with van der Waals surface area (Å²) >= 11 is 0. The Balaban J connectivity index is 0.00000121. The summed E-state index contributed by atoms with van der Waals surface area (Å²) in [6.07, 6.45) is 1.11. The molecule has 0 radical (unpaired) electrons. The molecule has 0 fully saturated rings. The van der Waals surface area contributed by atoms with E-state index in [4.69, 9.17) is 9.79 Å². The number of aromatic nitrogens is 2. The van der Waals surface area contributed by atoms with E-state index < -0.39 is 13.3 Å². The van der Waals surface area contributed by atoms with Gasteiger partial charge in [0.05, 0.1) is 0 Å². The average molecular weight is 269 g/mol. The molecule has 0 aliphatic heterocycles. The summed E-state index contributed by atoms with van der Waals surface area (Å²) in [5.74, 6) is 0. The standard InChI is InChI=1S/C4H7N2O4P.Zr/c1-3(11(7,8)9)4-2-10-6-5-4;/h2-3H,1H3,(H2,7,8,9);. The molecule has 1 aromatic heterocycles. The van der Waals surface area contributed by atoms with Gasteiger partial charge in [-0.2, -0.15) is 0 Å². The maximum atomic E-state index is 10.6. The van der Waals surface area contributed by atoms with Crippen LogP contribution in [0.4, 0.5) is 0 Å². The van der Waals surface area contributed by atoms with Crippen LogP contribution in [0.3, 0.4) is 0 Å². The van der Waals surface area contributed by atoms with Crippen LogP contribution in [-0.4, -0.2) is 20.2 Å². The van der Waals surface area contributed by atoms with Gasteiger partial charge in [-0.3, -0.25) is 4.57 Å². The maximum Gasteiger partial charge on any atom is 0.334 e. The summed E-state index contributed by atoms with van der Waals surface area (Å²) in [4.78, 5) is 17.3. The molecule has 0 aromatic carbocycles. The Labute approximate surface area is 87.6 Å². The van der Waals surface area contributed by atoms with Crippen molar-refractivity contribution in [1.29, 1.82) is 0 Å². The third kappa shape index (κ3) is 2.90. The normalized spacial score (nSPS) is 13.6. The molecule has 66 valence electrons. The van der Waals surface area contributed by atoms with Gasteiger partial charge in [0.15, 0.2) is 0 Å². The SMILES string of the molecule is CC(c1conn1)P(=O)(O)O.[Zr]. The Bertz CT molecular complexity index is 271. The third-order valence-electron chi connectivity index (χ3n) is 1.31. The van der Waals surface area contributed by atoms with Gasteiger partial charge in [-0.15, -0.1) is 5.10 Å². The first kappa shape index (κ1) is 12.2. The van der Waals surface area contributed by atoms with E-state index in [0.29, 0.717) is 0 Å². The Morgan fingerprint density at radius 1 is 1.67 bits per heavy atom. The van der Waals surface area contributed by atoms with Crippen LogP contribution in [0.5, 0.6) is 0 Å². The summed E-state index contributed by atoms with van der Waals surface area (Å²) in [5.41, 5.74) is -0.785. The molecule has 0 aliphatic rings. The second kappa shape index (κ2) is 4.42. The van der Waals surface area contributed by atoms with E-state index in [1.54, 1.807) is 0 Å². The zero-order valence-corrected chi connectivity index (χ0v) is 9.56. The minimum atomic E-state index is -4.11. The maximum absolute atomic E-state index is 10.6. The van der Waals surface area contributed by atoms with E-state index in [0.717, 1.165) is 6.26 Å². The molecule has 0 saturated heterocycles. The summed E-state index contributed by atoms with van der Waals surface area (Å²) in [6.45, 7) is 1.36. The number of hydrogen-bond donors (Lipinski definition) is 2. The first-order valence-corrected chi connectivity index (χ1v) is 4.52. The van der Waals surface area contributed by atoms with Crippen LogP contribution in [0.1, 0.15) is 18.3 Å². The molecule has 0 spiro atoms. The molecule has 12 heavy (non-hydrogen) atoms. The monoisotopic (exact) mass is 268 g/mol. The predicted octanol–water partition coefficient (Wildman–Crippen LogP) is 0.306. The molecule has 1 aromatic rings. The van der Waals surface area contributed by atoms with Gasteiger partial charge in [0, 0.05) is 31.5 Å². The van der Waals surface area contributed by atoms with E-state index >= 15 is 0 Å². The Morgan fingerprint density at radius 3 is 2.58 bits per heavy atom. The van der Waals surface area contributed by atoms with Crippen LogP contribution >= 0.6 is 7.60 Å². The van der Waals surface area contributed by atoms with E-state index in [9.17, 15) is 4.57 Å². The van der Waals surface area contributed by atoms with Crippen LogP contribution in [0, 0.1) is 0 Å². The van der Waals surface area contributed by atoms with Crippen molar-refractivity contribution in [3.8, 4) is 0 Å². The largest absolute Gasteiger partial charge is 0.345 e. The minimum Gasteiger partial charge on any atom is -0.345 e. The molecule has 1 atom stereocenters. The second-order valence-electron chi connectivity index (χ2n) is 2.09. The van der Waals surface area contributed by atoms with Crippen molar-refractivity contribution in [2.24, 2.45) is 0 Å². The second-order valence-corrected chi connectivity index (χ2v) is 4.05. The number of hydrogen-bond acceptors (Lipinski definition) is 4. The molecule has 6 nitrogen and oxygen atoms in total. The van der Waals surface area contributed by atoms with Crippen LogP contribution in [-0.2, 0) is 30.8 Å². The van der Waals surface area contributed by atoms with Gasteiger partial charge in [-0.05, 0) is 6.92 Å². The molecule has 8 heteroatoms. The summed E-state index contributed by atoms with van der Waals surface area (Å²) < 4.78 is 14.9. The van der Waals surface area contributed by atoms with Gasteiger partial charge in [0.25, 0.3) is 0 Å². The molecular weight excluding hydrogens is 262 g/mol. The molecule has 1 heterocycles. The summed E-state index contributed by atoms with van der Waals surface area (Å²) in [7, 11) is -4.11. The molecular formula is C4H7N2O4PZr. The summed E-state index contributed by atoms with van der Waals surface area (Å²) in [6, 6.07) is 0. The molecule has 2 N–H and O–H groups in total. The zero-order chi connectivity index (χ0) is 8.48. The quantitative estimate of drug-likeness (QED) is 0.750. The van der Waals surface area contributed by atoms with E-state index in [1.807, 2.05) is 0 Å². The Hall–Kier alpha value is 0.173. The summed E-state index contributed by atoms with van der Waals surface area (Å²) in [5, 5.41) is 6.46. The van der Waals surface area contributed by atoms with Gasteiger partial charge in [-0.1, -0.05) is 0 Å². The molecule has 1 rings (SSSR count). The van der Waals surface area contributed by atoms with E-state index in [2.05, 4.69) is 14.9 Å². The fourth-order valence-electron chi connectivity index (χ4n) is 0.526. The van der Waals surface area contributed by atoms with Crippen molar-refractivity contribution in [2.75, 3.05) is 0 Å². The van der Waals surface area contributed by atoms with Crippen LogP contribution in [0.25, 0.3) is 0 Å². The van der Waals surface area contributed by atoms with Crippen molar-refractivity contribution in [3.05, 3.63) is 12.0 Å². The Kier molecular flexibility index (Phi) is 4.48. The van der Waals surface area contributed by atoms with E-state index in [1.165, 1.54) is 6.92 Å².